The minimum Gasteiger partial charge on any atom is -0.209 e. The van der Waals surface area contributed by atoms with Gasteiger partial charge >= 0.3 is 0 Å². The third-order valence-corrected chi connectivity index (χ3v) is 8.67. The fraction of sp³-hybridized carbons (Fsp3) is 0.750. The average Bonchev–Trinajstić information content (AvgIpc) is 2.72. The summed E-state index contributed by atoms with van der Waals surface area (Å²) in [6, 6.07) is 12.0. The molecule has 4 rings (SSSR count). The largest absolute Gasteiger partial charge is 0.209 e. The molecule has 1 heteroatoms. The van der Waals surface area contributed by atoms with Crippen LogP contribution in [0.3, 0.4) is 0 Å². The lowest BCUT2D eigenvalue weighted by molar-refractivity contribution is 0.421. The molecule has 0 amide bonds. The van der Waals surface area contributed by atoms with Crippen LogP contribution in [0.5, 0.6) is 0 Å². The Kier molecular flexibility index (Phi) is 5.88. The maximum absolute atomic E-state index is 2.55. The molecule has 25 heavy (non-hydrogen) atoms. The zero-order valence-electron chi connectivity index (χ0n) is 16.3. The minimum atomic E-state index is -0.385. The number of benzene rings is 1. The summed E-state index contributed by atoms with van der Waals surface area (Å²) in [6.07, 6.45) is 22.3. The van der Waals surface area contributed by atoms with Gasteiger partial charge in [-0.25, -0.2) is 5.46 Å². The van der Waals surface area contributed by atoms with Crippen molar-refractivity contribution >= 4 is 11.6 Å². The molecular formula is C24H38B-. The van der Waals surface area contributed by atoms with E-state index in [0.717, 1.165) is 17.5 Å². The summed E-state index contributed by atoms with van der Waals surface area (Å²) in [7, 11) is 0. The molecule has 3 fully saturated rings. The Bertz CT molecular complexity index is 459. The lowest BCUT2D eigenvalue weighted by Gasteiger charge is -2.61. The van der Waals surface area contributed by atoms with E-state index in [4.69, 9.17) is 0 Å². The first-order chi connectivity index (χ1) is 12.4. The summed E-state index contributed by atoms with van der Waals surface area (Å²) >= 11 is 0. The Labute approximate surface area is 156 Å². The molecule has 1 aromatic rings. The maximum atomic E-state index is 2.55. The van der Waals surface area contributed by atoms with Crippen LogP contribution in [0, 0.1) is 0 Å². The standard InChI is InChI=1S/C24H38B/c1-5-13-21(14-6-1)25(22-15-7-2-8-16-22,23-17-9-3-10-18-23)24-19-11-4-12-20-24/h1,5-6,13-14,22-24H,2-4,7-12,15-20H2/q-1. The van der Waals surface area contributed by atoms with Crippen LogP contribution in [-0.2, 0) is 0 Å². The first-order valence-corrected chi connectivity index (χ1v) is 11.6. The number of hydrogen-bond donors (Lipinski definition) is 0. The Morgan fingerprint density at radius 1 is 0.480 bits per heavy atom. The molecule has 0 bridgehead atoms. The van der Waals surface area contributed by atoms with Crippen molar-refractivity contribution in [2.45, 2.75) is 114 Å². The Morgan fingerprint density at radius 2 is 0.840 bits per heavy atom. The van der Waals surface area contributed by atoms with Gasteiger partial charge in [-0.3, -0.25) is 0 Å². The van der Waals surface area contributed by atoms with Crippen LogP contribution < -0.4 is 5.46 Å². The van der Waals surface area contributed by atoms with Crippen LogP contribution in [-0.4, -0.2) is 6.15 Å². The van der Waals surface area contributed by atoms with Crippen LogP contribution >= 0.6 is 0 Å². The highest BCUT2D eigenvalue weighted by molar-refractivity contribution is 6.95. The van der Waals surface area contributed by atoms with Crippen molar-refractivity contribution in [2.24, 2.45) is 0 Å². The van der Waals surface area contributed by atoms with E-state index < -0.39 is 0 Å². The van der Waals surface area contributed by atoms with Gasteiger partial charge in [-0.2, -0.15) is 17.5 Å². The van der Waals surface area contributed by atoms with Crippen molar-refractivity contribution in [3.05, 3.63) is 30.3 Å². The zero-order chi connectivity index (χ0) is 17.0. The summed E-state index contributed by atoms with van der Waals surface area (Å²) in [5.74, 6) is 3.05. The Hall–Kier alpha value is -0.715. The highest BCUT2D eigenvalue weighted by Crippen LogP contribution is 2.56. The molecule has 0 atom stereocenters. The van der Waals surface area contributed by atoms with Crippen molar-refractivity contribution in [1.29, 1.82) is 0 Å². The fourth-order valence-electron chi connectivity index (χ4n) is 7.81. The summed E-state index contributed by atoms with van der Waals surface area (Å²) in [5, 5.41) is 0. The highest BCUT2D eigenvalue weighted by Gasteiger charge is 2.45. The van der Waals surface area contributed by atoms with E-state index in [2.05, 4.69) is 30.3 Å². The van der Waals surface area contributed by atoms with Gasteiger partial charge < -0.3 is 0 Å². The molecule has 0 radical (unpaired) electrons. The maximum Gasteiger partial charge on any atom is 0.0372 e. The van der Waals surface area contributed by atoms with Crippen molar-refractivity contribution in [2.75, 3.05) is 0 Å². The average molecular weight is 337 g/mol. The van der Waals surface area contributed by atoms with E-state index in [1.165, 1.54) is 96.3 Å². The molecule has 0 unspecified atom stereocenters. The lowest BCUT2D eigenvalue weighted by atomic mass is 9.04. The summed E-state index contributed by atoms with van der Waals surface area (Å²) in [4.78, 5) is 0. The normalized spacial score (nSPS) is 25.1. The molecule has 0 aromatic heterocycles. The topological polar surface area (TPSA) is 0 Å². The molecule has 138 valence electrons. The van der Waals surface area contributed by atoms with Crippen molar-refractivity contribution in [1.82, 2.24) is 0 Å². The molecular weight excluding hydrogens is 299 g/mol. The highest BCUT2D eigenvalue weighted by atomic mass is 14.3. The summed E-state index contributed by atoms with van der Waals surface area (Å²) in [5.41, 5.74) is 1.80. The predicted octanol–water partition coefficient (Wildman–Crippen LogP) is 7.35. The van der Waals surface area contributed by atoms with Gasteiger partial charge in [0.05, 0.1) is 0 Å². The molecule has 0 spiro atoms. The van der Waals surface area contributed by atoms with Gasteiger partial charge in [-0.15, -0.1) is 0 Å². The van der Waals surface area contributed by atoms with E-state index >= 15 is 0 Å². The van der Waals surface area contributed by atoms with E-state index in [9.17, 15) is 0 Å². The monoisotopic (exact) mass is 337 g/mol. The molecule has 3 aliphatic carbocycles. The van der Waals surface area contributed by atoms with Crippen LogP contribution in [0.2, 0.25) is 17.5 Å². The Morgan fingerprint density at radius 3 is 1.20 bits per heavy atom. The van der Waals surface area contributed by atoms with Crippen LogP contribution in [0.25, 0.3) is 0 Å². The van der Waals surface area contributed by atoms with Gasteiger partial charge in [0.25, 0.3) is 0 Å². The van der Waals surface area contributed by atoms with Crippen molar-refractivity contribution < 1.29 is 0 Å². The van der Waals surface area contributed by atoms with Crippen LogP contribution in [0.4, 0.5) is 0 Å². The molecule has 0 heterocycles. The molecule has 0 saturated heterocycles. The number of hydrogen-bond acceptors (Lipinski definition) is 0. The van der Waals surface area contributed by atoms with Crippen LogP contribution in [0.15, 0.2) is 30.3 Å². The van der Waals surface area contributed by atoms with Gasteiger partial charge in [0.2, 0.25) is 0 Å². The second-order valence-corrected chi connectivity index (χ2v) is 9.68. The predicted molar refractivity (Wildman–Crippen MR) is 112 cm³/mol. The van der Waals surface area contributed by atoms with E-state index in [0.29, 0.717) is 0 Å². The van der Waals surface area contributed by atoms with Gasteiger partial charge in [0.15, 0.2) is 0 Å². The summed E-state index contributed by atoms with van der Waals surface area (Å²) in [6.45, 7) is 0. The zero-order valence-corrected chi connectivity index (χ0v) is 16.3. The molecule has 1 aromatic carbocycles. The third kappa shape index (κ3) is 3.45. The van der Waals surface area contributed by atoms with Gasteiger partial charge in [0.1, 0.15) is 0 Å². The number of rotatable bonds is 4. The van der Waals surface area contributed by atoms with Crippen molar-refractivity contribution in [3.63, 3.8) is 0 Å². The summed E-state index contributed by atoms with van der Waals surface area (Å²) < 4.78 is 0. The van der Waals surface area contributed by atoms with Crippen molar-refractivity contribution in [3.8, 4) is 0 Å². The van der Waals surface area contributed by atoms with E-state index in [1.54, 1.807) is 5.46 Å². The third-order valence-electron chi connectivity index (χ3n) is 8.67. The van der Waals surface area contributed by atoms with Gasteiger partial charge in [0, 0.05) is 6.15 Å². The fourth-order valence-corrected chi connectivity index (χ4v) is 7.81. The molecule has 3 aliphatic rings. The van der Waals surface area contributed by atoms with E-state index in [1.807, 2.05) is 0 Å². The Balaban J connectivity index is 1.79. The first kappa shape index (κ1) is 17.7. The molecule has 0 N–H and O–H groups in total. The first-order valence-electron chi connectivity index (χ1n) is 11.6. The van der Waals surface area contributed by atoms with Gasteiger partial charge in [-0.1, -0.05) is 127 Å². The molecule has 3 saturated carbocycles. The molecule has 0 nitrogen and oxygen atoms in total. The molecule has 0 aliphatic heterocycles. The lowest BCUT2D eigenvalue weighted by Crippen LogP contribution is -2.60. The minimum absolute atomic E-state index is 0.385. The van der Waals surface area contributed by atoms with Gasteiger partial charge in [-0.05, 0) is 0 Å². The van der Waals surface area contributed by atoms with Crippen LogP contribution in [0.1, 0.15) is 96.3 Å². The SMILES string of the molecule is c1ccc([B-](C2CCCCC2)(C2CCCCC2)C2CCCCC2)cc1. The second-order valence-electron chi connectivity index (χ2n) is 9.68. The smallest absolute Gasteiger partial charge is 0.0372 e. The van der Waals surface area contributed by atoms with E-state index in [-0.39, 0.29) is 6.15 Å². The quantitative estimate of drug-likeness (QED) is 0.504. The second kappa shape index (κ2) is 8.32.